The van der Waals surface area contributed by atoms with Crippen molar-refractivity contribution in [2.24, 2.45) is 5.92 Å². The molecular weight excluding hydrogens is 271 g/mol. The molecule has 2 atom stereocenters. The van der Waals surface area contributed by atoms with Crippen molar-refractivity contribution in [1.82, 2.24) is 0 Å². The van der Waals surface area contributed by atoms with Crippen molar-refractivity contribution >= 4 is 0 Å². The fourth-order valence-electron chi connectivity index (χ4n) is 4.33. The van der Waals surface area contributed by atoms with Crippen molar-refractivity contribution in [3.8, 4) is 0 Å². The lowest BCUT2D eigenvalue weighted by Gasteiger charge is -2.29. The van der Waals surface area contributed by atoms with Gasteiger partial charge in [-0.2, -0.15) is 0 Å². The molecule has 0 saturated carbocycles. The second-order valence-corrected chi connectivity index (χ2v) is 7.07. The monoisotopic (exact) mass is 298 g/mol. The Morgan fingerprint density at radius 1 is 1.14 bits per heavy atom. The highest BCUT2D eigenvalue weighted by atomic mass is 19.1. The molecule has 2 unspecified atom stereocenters. The van der Waals surface area contributed by atoms with Crippen LogP contribution in [0.15, 0.2) is 47.6 Å². The van der Waals surface area contributed by atoms with Gasteiger partial charge in [-0.25, -0.2) is 4.39 Å². The molecule has 0 fully saturated rings. The molecule has 0 spiro atoms. The van der Waals surface area contributed by atoms with Gasteiger partial charge in [-0.15, -0.1) is 0 Å². The topological polar surface area (TPSA) is 0 Å². The van der Waals surface area contributed by atoms with E-state index in [2.05, 4.69) is 26.0 Å². The number of benzene rings is 1. The summed E-state index contributed by atoms with van der Waals surface area (Å²) in [5, 5.41) is 0. The third-order valence-corrected chi connectivity index (χ3v) is 5.54. The maximum absolute atomic E-state index is 13.3. The lowest BCUT2D eigenvalue weighted by atomic mass is 9.73. The number of unbranched alkanes of at least 4 members (excludes halogenated alkanes) is 3. The average Bonchev–Trinajstić information content (AvgIpc) is 3.03. The Labute approximate surface area is 134 Å². The highest BCUT2D eigenvalue weighted by Crippen LogP contribution is 2.54. The van der Waals surface area contributed by atoms with E-state index in [1.165, 1.54) is 55.2 Å². The molecule has 22 heavy (non-hydrogen) atoms. The summed E-state index contributed by atoms with van der Waals surface area (Å²) < 4.78 is 13.3. The molecule has 1 aromatic rings. The largest absolute Gasteiger partial charge is 0.207 e. The van der Waals surface area contributed by atoms with E-state index >= 15 is 0 Å². The van der Waals surface area contributed by atoms with Crippen LogP contribution in [-0.4, -0.2) is 0 Å². The first-order chi connectivity index (χ1) is 10.7. The van der Waals surface area contributed by atoms with Crippen LogP contribution >= 0.6 is 0 Å². The van der Waals surface area contributed by atoms with Crippen LogP contribution < -0.4 is 0 Å². The van der Waals surface area contributed by atoms with Gasteiger partial charge in [0, 0.05) is 5.41 Å². The van der Waals surface area contributed by atoms with Crippen LogP contribution in [0, 0.1) is 11.7 Å². The number of rotatable bonds is 6. The Hall–Kier alpha value is -1.37. The van der Waals surface area contributed by atoms with Gasteiger partial charge in [0.05, 0.1) is 0 Å². The summed E-state index contributed by atoms with van der Waals surface area (Å²) in [7, 11) is 0. The Morgan fingerprint density at radius 3 is 2.64 bits per heavy atom. The standard InChI is InChI=1S/C21H27F/c1-3-4-5-6-7-17-14-20-16(2)12-13-21(20,15-17)18-8-10-19(22)11-9-18/h8-12,14,17H,3-7,13,15H2,1-2H3. The Morgan fingerprint density at radius 2 is 1.91 bits per heavy atom. The minimum atomic E-state index is -0.137. The molecule has 1 aromatic carbocycles. The molecule has 118 valence electrons. The molecule has 1 heteroatoms. The fourth-order valence-corrected chi connectivity index (χ4v) is 4.33. The molecule has 0 amide bonds. The second kappa shape index (κ2) is 6.40. The maximum atomic E-state index is 13.3. The van der Waals surface area contributed by atoms with Crippen molar-refractivity contribution in [2.75, 3.05) is 0 Å². The first-order valence-electron chi connectivity index (χ1n) is 8.81. The van der Waals surface area contributed by atoms with Gasteiger partial charge in [-0.05, 0) is 55.4 Å². The van der Waals surface area contributed by atoms with Crippen LogP contribution in [0.25, 0.3) is 0 Å². The highest BCUT2D eigenvalue weighted by Gasteiger charge is 2.45. The first kappa shape index (κ1) is 15.5. The Bertz CT molecular complexity index is 578. The van der Waals surface area contributed by atoms with Crippen molar-refractivity contribution in [2.45, 2.75) is 64.2 Å². The predicted molar refractivity (Wildman–Crippen MR) is 91.4 cm³/mol. The predicted octanol–water partition coefficient (Wildman–Crippen LogP) is 6.33. The molecule has 0 bridgehead atoms. The number of halogens is 1. The first-order valence-corrected chi connectivity index (χ1v) is 8.81. The van der Waals surface area contributed by atoms with E-state index in [-0.39, 0.29) is 11.2 Å². The van der Waals surface area contributed by atoms with Gasteiger partial charge in [0.1, 0.15) is 5.82 Å². The zero-order valence-corrected chi connectivity index (χ0v) is 13.9. The summed E-state index contributed by atoms with van der Waals surface area (Å²) in [6.07, 6.45) is 13.8. The van der Waals surface area contributed by atoms with Crippen molar-refractivity contribution < 1.29 is 4.39 Å². The Balaban J connectivity index is 1.77. The molecule has 0 nitrogen and oxygen atoms in total. The zero-order chi connectivity index (χ0) is 15.6. The van der Waals surface area contributed by atoms with Crippen LogP contribution in [0.5, 0.6) is 0 Å². The van der Waals surface area contributed by atoms with E-state index in [9.17, 15) is 4.39 Å². The summed E-state index contributed by atoms with van der Waals surface area (Å²) in [5.74, 6) is 0.558. The molecule has 0 N–H and O–H groups in total. The van der Waals surface area contributed by atoms with Crippen LogP contribution in [0.4, 0.5) is 4.39 Å². The van der Waals surface area contributed by atoms with E-state index in [0.29, 0.717) is 5.92 Å². The van der Waals surface area contributed by atoms with Gasteiger partial charge in [0.2, 0.25) is 0 Å². The van der Waals surface area contributed by atoms with Crippen LogP contribution in [0.3, 0.4) is 0 Å². The van der Waals surface area contributed by atoms with Gasteiger partial charge in [-0.1, -0.05) is 62.5 Å². The van der Waals surface area contributed by atoms with Gasteiger partial charge >= 0.3 is 0 Å². The minimum absolute atomic E-state index is 0.132. The van der Waals surface area contributed by atoms with Crippen molar-refractivity contribution in [1.29, 1.82) is 0 Å². The normalized spacial score (nSPS) is 26.8. The average molecular weight is 298 g/mol. The van der Waals surface area contributed by atoms with E-state index < -0.39 is 0 Å². The van der Waals surface area contributed by atoms with Gasteiger partial charge < -0.3 is 0 Å². The van der Waals surface area contributed by atoms with E-state index in [0.717, 1.165) is 6.42 Å². The van der Waals surface area contributed by atoms with Crippen LogP contribution in [-0.2, 0) is 5.41 Å². The van der Waals surface area contributed by atoms with Crippen LogP contribution in [0.2, 0.25) is 0 Å². The molecule has 3 rings (SSSR count). The lowest BCUT2D eigenvalue weighted by molar-refractivity contribution is 0.424. The third kappa shape index (κ3) is 2.78. The second-order valence-electron chi connectivity index (χ2n) is 7.07. The molecule has 0 heterocycles. The van der Waals surface area contributed by atoms with Crippen LogP contribution in [0.1, 0.15) is 64.4 Å². The third-order valence-electron chi connectivity index (χ3n) is 5.54. The summed E-state index contributed by atoms with van der Waals surface area (Å²) in [6, 6.07) is 7.22. The summed E-state index contributed by atoms with van der Waals surface area (Å²) in [4.78, 5) is 0. The molecule has 0 saturated heterocycles. The molecule has 2 aliphatic carbocycles. The maximum Gasteiger partial charge on any atom is 0.123 e. The number of hydrogen-bond donors (Lipinski definition) is 0. The molecule has 0 radical (unpaired) electrons. The smallest absolute Gasteiger partial charge is 0.123 e. The molecule has 2 aliphatic rings. The Kier molecular flexibility index (Phi) is 4.52. The lowest BCUT2D eigenvalue weighted by Crippen LogP contribution is -2.23. The number of hydrogen-bond acceptors (Lipinski definition) is 0. The zero-order valence-electron chi connectivity index (χ0n) is 13.9. The van der Waals surface area contributed by atoms with E-state index in [4.69, 9.17) is 0 Å². The molecular formula is C21H27F. The molecule has 0 aliphatic heterocycles. The summed E-state index contributed by atoms with van der Waals surface area (Å²) in [6.45, 7) is 4.50. The van der Waals surface area contributed by atoms with Crippen molar-refractivity contribution in [3.05, 3.63) is 58.9 Å². The quantitative estimate of drug-likeness (QED) is 0.538. The summed E-state index contributed by atoms with van der Waals surface area (Å²) in [5.41, 5.74) is 4.37. The van der Waals surface area contributed by atoms with Gasteiger partial charge in [0.25, 0.3) is 0 Å². The number of allylic oxidation sites excluding steroid dienone is 4. The van der Waals surface area contributed by atoms with E-state index in [1.807, 2.05) is 12.1 Å². The van der Waals surface area contributed by atoms with Crippen molar-refractivity contribution in [3.63, 3.8) is 0 Å². The minimum Gasteiger partial charge on any atom is -0.207 e. The van der Waals surface area contributed by atoms with Gasteiger partial charge in [0.15, 0.2) is 0 Å². The number of fused-ring (bicyclic) bond motifs is 1. The fraction of sp³-hybridized carbons (Fsp3) is 0.524. The highest BCUT2D eigenvalue weighted by molar-refractivity contribution is 5.54. The molecule has 0 aromatic heterocycles. The summed E-state index contributed by atoms with van der Waals surface area (Å²) >= 11 is 0. The SMILES string of the molecule is CCCCCCC1C=C2C(C)=CCC2(c2ccc(F)cc2)C1. The van der Waals surface area contributed by atoms with Gasteiger partial charge in [-0.3, -0.25) is 0 Å². The van der Waals surface area contributed by atoms with E-state index in [1.54, 1.807) is 12.1 Å².